The van der Waals surface area contributed by atoms with Crippen LogP contribution in [-0.2, 0) is 17.9 Å². The molecule has 1 heterocycles. The minimum atomic E-state index is -0.120. The van der Waals surface area contributed by atoms with Crippen molar-refractivity contribution in [2.24, 2.45) is 0 Å². The summed E-state index contributed by atoms with van der Waals surface area (Å²) in [7, 11) is 1.74. The van der Waals surface area contributed by atoms with Crippen molar-refractivity contribution in [1.29, 1.82) is 0 Å². The van der Waals surface area contributed by atoms with E-state index >= 15 is 0 Å². The van der Waals surface area contributed by atoms with Crippen molar-refractivity contribution in [3.05, 3.63) is 36.0 Å². The first kappa shape index (κ1) is 13.1. The lowest BCUT2D eigenvalue weighted by atomic mass is 10.1. The molecule has 0 saturated heterocycles. The van der Waals surface area contributed by atoms with Crippen LogP contribution in [-0.4, -0.2) is 22.4 Å². The highest BCUT2D eigenvalue weighted by Gasteiger charge is 2.17. The Morgan fingerprint density at radius 1 is 1.28 bits per heavy atom. The molecule has 0 fully saturated rings. The van der Waals surface area contributed by atoms with Gasteiger partial charge in [0, 0.05) is 36.3 Å². The Morgan fingerprint density at radius 2 is 2.00 bits per heavy atom. The van der Waals surface area contributed by atoms with Gasteiger partial charge in [0.25, 0.3) is 0 Å². The summed E-state index contributed by atoms with van der Waals surface area (Å²) in [5, 5.41) is 10.5. The lowest BCUT2D eigenvalue weighted by Crippen LogP contribution is -2.24. The van der Waals surface area contributed by atoms with Gasteiger partial charge in [-0.3, -0.25) is 0 Å². The molecule has 0 radical (unpaired) electrons. The van der Waals surface area contributed by atoms with Gasteiger partial charge in [0.2, 0.25) is 0 Å². The van der Waals surface area contributed by atoms with Gasteiger partial charge in [-0.05, 0) is 26.3 Å². The van der Waals surface area contributed by atoms with Crippen molar-refractivity contribution in [2.75, 3.05) is 7.11 Å². The average Bonchev–Trinajstić information content (AvgIpc) is 2.75. The third-order valence-corrected chi connectivity index (χ3v) is 3.55. The van der Waals surface area contributed by atoms with Crippen molar-refractivity contribution in [3.8, 4) is 0 Å². The molecule has 1 aromatic heterocycles. The summed E-state index contributed by atoms with van der Waals surface area (Å²) in [6, 6.07) is 8.18. The molecule has 0 atom stereocenters. The standard InChI is InChI=1S/C15H21NO2/c1-15(2,18-3)8-9-16-10-12(11-17)13-6-4-5-7-14(13)16/h4-7,10,17H,8-9,11H2,1-3H3. The van der Waals surface area contributed by atoms with Crippen LogP contribution < -0.4 is 0 Å². The van der Waals surface area contributed by atoms with E-state index in [4.69, 9.17) is 4.74 Å². The number of methoxy groups -OCH3 is 1. The molecular formula is C15H21NO2. The molecular weight excluding hydrogens is 226 g/mol. The summed E-state index contributed by atoms with van der Waals surface area (Å²) >= 11 is 0. The molecule has 98 valence electrons. The Morgan fingerprint density at radius 3 is 2.67 bits per heavy atom. The lowest BCUT2D eigenvalue weighted by Gasteiger charge is -2.23. The molecule has 2 rings (SSSR count). The van der Waals surface area contributed by atoms with Crippen LogP contribution in [0, 0.1) is 0 Å². The molecule has 0 aliphatic carbocycles. The van der Waals surface area contributed by atoms with Crippen molar-refractivity contribution in [3.63, 3.8) is 0 Å². The molecule has 0 unspecified atom stereocenters. The molecule has 0 aliphatic rings. The van der Waals surface area contributed by atoms with E-state index in [1.54, 1.807) is 7.11 Å². The van der Waals surface area contributed by atoms with E-state index in [0.717, 1.165) is 23.9 Å². The van der Waals surface area contributed by atoms with Gasteiger partial charge in [-0.25, -0.2) is 0 Å². The molecule has 0 saturated carbocycles. The van der Waals surface area contributed by atoms with E-state index in [1.165, 1.54) is 5.52 Å². The molecule has 3 heteroatoms. The number of aryl methyl sites for hydroxylation is 1. The number of fused-ring (bicyclic) bond motifs is 1. The maximum Gasteiger partial charge on any atom is 0.0702 e. The number of hydrogen-bond donors (Lipinski definition) is 1. The number of ether oxygens (including phenoxy) is 1. The summed E-state index contributed by atoms with van der Waals surface area (Å²) < 4.78 is 7.64. The molecule has 18 heavy (non-hydrogen) atoms. The number of nitrogens with zero attached hydrogens (tertiary/aromatic N) is 1. The Hall–Kier alpha value is -1.32. The van der Waals surface area contributed by atoms with Crippen LogP contribution in [0.2, 0.25) is 0 Å². The maximum atomic E-state index is 9.39. The van der Waals surface area contributed by atoms with Crippen LogP contribution in [0.4, 0.5) is 0 Å². The second kappa shape index (κ2) is 5.12. The van der Waals surface area contributed by atoms with Crippen molar-refractivity contribution >= 4 is 10.9 Å². The van der Waals surface area contributed by atoms with E-state index in [-0.39, 0.29) is 12.2 Å². The van der Waals surface area contributed by atoms with Crippen LogP contribution in [0.5, 0.6) is 0 Å². The number of para-hydroxylation sites is 1. The normalized spacial score (nSPS) is 12.2. The minimum Gasteiger partial charge on any atom is -0.392 e. The van der Waals surface area contributed by atoms with Crippen molar-refractivity contribution in [1.82, 2.24) is 4.57 Å². The quantitative estimate of drug-likeness (QED) is 0.881. The molecule has 0 bridgehead atoms. The summed E-state index contributed by atoms with van der Waals surface area (Å²) in [5.74, 6) is 0. The minimum absolute atomic E-state index is 0.0845. The summed E-state index contributed by atoms with van der Waals surface area (Å²) in [6.07, 6.45) is 2.98. The Balaban J connectivity index is 2.28. The molecule has 3 nitrogen and oxygen atoms in total. The molecule has 2 aromatic rings. The zero-order valence-corrected chi connectivity index (χ0v) is 11.3. The second-order valence-electron chi connectivity index (χ2n) is 5.24. The van der Waals surface area contributed by atoms with Gasteiger partial charge < -0.3 is 14.4 Å². The van der Waals surface area contributed by atoms with Gasteiger partial charge >= 0.3 is 0 Å². The van der Waals surface area contributed by atoms with Crippen molar-refractivity contribution in [2.45, 2.75) is 39.0 Å². The predicted molar refractivity (Wildman–Crippen MR) is 73.6 cm³/mol. The molecule has 1 aromatic carbocycles. The molecule has 1 N–H and O–H groups in total. The number of aliphatic hydroxyl groups is 1. The van der Waals surface area contributed by atoms with E-state index in [0.29, 0.717) is 0 Å². The number of hydrogen-bond acceptors (Lipinski definition) is 2. The van der Waals surface area contributed by atoms with Gasteiger partial charge in [-0.15, -0.1) is 0 Å². The Kier molecular flexibility index (Phi) is 3.73. The third-order valence-electron chi connectivity index (χ3n) is 3.55. The van der Waals surface area contributed by atoms with Crippen LogP contribution in [0.25, 0.3) is 10.9 Å². The Labute approximate surface area is 108 Å². The molecule has 0 spiro atoms. The smallest absolute Gasteiger partial charge is 0.0702 e. The fraction of sp³-hybridized carbons (Fsp3) is 0.467. The monoisotopic (exact) mass is 247 g/mol. The largest absolute Gasteiger partial charge is 0.392 e. The fourth-order valence-corrected chi connectivity index (χ4v) is 2.13. The summed E-state index contributed by atoms with van der Waals surface area (Å²) in [4.78, 5) is 0. The van der Waals surface area contributed by atoms with Crippen LogP contribution >= 0.6 is 0 Å². The van der Waals surface area contributed by atoms with E-state index in [1.807, 2.05) is 18.3 Å². The summed E-state index contributed by atoms with van der Waals surface area (Å²) in [5.41, 5.74) is 2.04. The first-order valence-electron chi connectivity index (χ1n) is 6.30. The molecule has 0 amide bonds. The van der Waals surface area contributed by atoms with Gasteiger partial charge in [-0.2, -0.15) is 0 Å². The highest BCUT2D eigenvalue weighted by atomic mass is 16.5. The zero-order valence-electron chi connectivity index (χ0n) is 11.3. The average molecular weight is 247 g/mol. The number of aliphatic hydroxyl groups excluding tert-OH is 1. The predicted octanol–water partition coefficient (Wildman–Crippen LogP) is 2.95. The molecule has 0 aliphatic heterocycles. The van der Waals surface area contributed by atoms with Crippen LogP contribution in [0.1, 0.15) is 25.8 Å². The van der Waals surface area contributed by atoms with Crippen LogP contribution in [0.15, 0.2) is 30.5 Å². The van der Waals surface area contributed by atoms with E-state index in [9.17, 15) is 5.11 Å². The van der Waals surface area contributed by atoms with E-state index in [2.05, 4.69) is 30.5 Å². The number of rotatable bonds is 5. The van der Waals surface area contributed by atoms with Gasteiger partial charge in [0.1, 0.15) is 0 Å². The van der Waals surface area contributed by atoms with Gasteiger partial charge in [0.05, 0.1) is 12.2 Å². The topological polar surface area (TPSA) is 34.4 Å². The highest BCUT2D eigenvalue weighted by Crippen LogP contribution is 2.23. The maximum absolute atomic E-state index is 9.39. The lowest BCUT2D eigenvalue weighted by molar-refractivity contribution is 0.0123. The first-order valence-corrected chi connectivity index (χ1v) is 6.30. The number of aromatic nitrogens is 1. The first-order chi connectivity index (χ1) is 8.57. The SMILES string of the molecule is COC(C)(C)CCn1cc(CO)c2ccccc21. The Bertz CT molecular complexity index is 528. The van der Waals surface area contributed by atoms with E-state index < -0.39 is 0 Å². The summed E-state index contributed by atoms with van der Waals surface area (Å²) in [6.45, 7) is 5.15. The fourth-order valence-electron chi connectivity index (χ4n) is 2.13. The second-order valence-corrected chi connectivity index (χ2v) is 5.24. The number of benzene rings is 1. The van der Waals surface area contributed by atoms with Crippen LogP contribution in [0.3, 0.4) is 0 Å². The van der Waals surface area contributed by atoms with Gasteiger partial charge in [0.15, 0.2) is 0 Å². The third kappa shape index (κ3) is 2.57. The zero-order chi connectivity index (χ0) is 13.2. The van der Waals surface area contributed by atoms with Crippen molar-refractivity contribution < 1.29 is 9.84 Å². The highest BCUT2D eigenvalue weighted by molar-refractivity contribution is 5.83. The van der Waals surface area contributed by atoms with Gasteiger partial charge in [-0.1, -0.05) is 18.2 Å².